The van der Waals surface area contributed by atoms with Crippen molar-refractivity contribution >= 4 is 49.6 Å². The molecule has 0 bridgehead atoms. The third kappa shape index (κ3) is 6.23. The maximum absolute atomic E-state index is 2.47. The van der Waals surface area contributed by atoms with Crippen LogP contribution in [0.5, 0.6) is 0 Å². The molecule has 0 amide bonds. The molecule has 1 heterocycles. The monoisotopic (exact) mass is 764 g/mol. The van der Waals surface area contributed by atoms with Crippen LogP contribution in [-0.4, -0.2) is 4.57 Å². The first kappa shape index (κ1) is 35.2. The molecule has 11 aromatic rings. The molecule has 2 nitrogen and oxygen atoms in total. The first-order chi connectivity index (χ1) is 29.8. The van der Waals surface area contributed by atoms with Crippen LogP contribution in [0.4, 0.5) is 17.1 Å². The summed E-state index contributed by atoms with van der Waals surface area (Å²) in [6.45, 7) is 0. The van der Waals surface area contributed by atoms with Gasteiger partial charge in [-0.05, 0) is 105 Å². The molecule has 0 unspecified atom stereocenters. The molecular formula is C58H40N2. The van der Waals surface area contributed by atoms with Crippen LogP contribution in [0.1, 0.15) is 0 Å². The lowest BCUT2D eigenvalue weighted by Gasteiger charge is -2.28. The minimum atomic E-state index is 1.09. The fourth-order valence-corrected chi connectivity index (χ4v) is 8.97. The Labute approximate surface area is 350 Å². The predicted octanol–water partition coefficient (Wildman–Crippen LogP) is 16.1. The van der Waals surface area contributed by atoms with Crippen molar-refractivity contribution in [2.75, 3.05) is 4.90 Å². The highest BCUT2D eigenvalue weighted by atomic mass is 15.1. The number of para-hydroxylation sites is 2. The van der Waals surface area contributed by atoms with E-state index >= 15 is 0 Å². The van der Waals surface area contributed by atoms with Gasteiger partial charge in [0.25, 0.3) is 0 Å². The van der Waals surface area contributed by atoms with Crippen LogP contribution in [0.15, 0.2) is 243 Å². The van der Waals surface area contributed by atoms with Crippen LogP contribution in [0, 0.1) is 0 Å². The fraction of sp³-hybridized carbons (Fsp3) is 0. The maximum Gasteiger partial charge on any atom is 0.0625 e. The van der Waals surface area contributed by atoms with Gasteiger partial charge in [-0.1, -0.05) is 182 Å². The molecule has 1 aromatic heterocycles. The SMILES string of the molecule is c1ccc(-c2ccc(N(c3ccc4c(c3)c3c(-c5cccc(-c6ccccc6)c5)cc5ccccc5c3n4-c3ccccc3)c3ccccc3-c3ccccc3)cc2)cc1. The van der Waals surface area contributed by atoms with Gasteiger partial charge >= 0.3 is 0 Å². The van der Waals surface area contributed by atoms with E-state index in [0.29, 0.717) is 0 Å². The summed E-state index contributed by atoms with van der Waals surface area (Å²) >= 11 is 0. The van der Waals surface area contributed by atoms with Gasteiger partial charge in [0.1, 0.15) is 0 Å². The summed E-state index contributed by atoms with van der Waals surface area (Å²) in [5.74, 6) is 0. The van der Waals surface area contributed by atoms with Crippen LogP contribution in [0.3, 0.4) is 0 Å². The van der Waals surface area contributed by atoms with E-state index in [4.69, 9.17) is 0 Å². The highest BCUT2D eigenvalue weighted by Gasteiger charge is 2.23. The number of nitrogens with zero attached hydrogens (tertiary/aromatic N) is 2. The number of benzene rings is 10. The highest BCUT2D eigenvalue weighted by Crippen LogP contribution is 2.47. The lowest BCUT2D eigenvalue weighted by molar-refractivity contribution is 1.18. The topological polar surface area (TPSA) is 8.17 Å². The number of fused-ring (bicyclic) bond motifs is 5. The summed E-state index contributed by atoms with van der Waals surface area (Å²) in [6.07, 6.45) is 0. The van der Waals surface area contributed by atoms with Gasteiger partial charge in [-0.3, -0.25) is 0 Å². The van der Waals surface area contributed by atoms with Crippen molar-refractivity contribution in [1.82, 2.24) is 4.57 Å². The van der Waals surface area contributed by atoms with Gasteiger partial charge in [-0.2, -0.15) is 0 Å². The van der Waals surface area contributed by atoms with Crippen molar-refractivity contribution in [2.24, 2.45) is 0 Å². The van der Waals surface area contributed by atoms with Gasteiger partial charge in [-0.25, -0.2) is 0 Å². The average Bonchev–Trinajstić information content (AvgIpc) is 3.68. The van der Waals surface area contributed by atoms with Crippen LogP contribution in [0.2, 0.25) is 0 Å². The molecule has 0 aliphatic carbocycles. The van der Waals surface area contributed by atoms with E-state index in [1.165, 1.54) is 71.6 Å². The molecule has 0 N–H and O–H groups in total. The average molecular weight is 765 g/mol. The molecule has 0 aliphatic heterocycles. The standard InChI is InChI=1S/C58H40N2/c1-5-18-41(19-6-1)43-32-34-49(35-33-43)59(55-31-16-15-29-51(55)44-22-9-3-10-23-44)50-36-37-56-54(40-50)57-53(46-26-17-25-45(38-46)42-20-7-2-8-21-42)39-47-24-13-14-30-52(47)58(57)60(56)48-27-11-4-12-28-48/h1-40H. The van der Waals surface area contributed by atoms with Crippen molar-refractivity contribution in [1.29, 1.82) is 0 Å². The molecule has 11 rings (SSSR count). The van der Waals surface area contributed by atoms with Crippen molar-refractivity contribution in [3.8, 4) is 50.2 Å². The molecule has 0 radical (unpaired) electrons. The number of hydrogen-bond donors (Lipinski definition) is 0. The number of hydrogen-bond acceptors (Lipinski definition) is 1. The quantitative estimate of drug-likeness (QED) is 0.150. The summed E-state index contributed by atoms with van der Waals surface area (Å²) in [5.41, 5.74) is 16.3. The molecule has 2 heteroatoms. The third-order valence-corrected chi connectivity index (χ3v) is 11.8. The molecule has 0 atom stereocenters. The molecule has 0 saturated heterocycles. The van der Waals surface area contributed by atoms with E-state index < -0.39 is 0 Å². The first-order valence-electron chi connectivity index (χ1n) is 20.6. The predicted molar refractivity (Wildman–Crippen MR) is 255 cm³/mol. The summed E-state index contributed by atoms with van der Waals surface area (Å²) in [4.78, 5) is 2.43. The number of aromatic nitrogens is 1. The van der Waals surface area contributed by atoms with Crippen LogP contribution in [0.25, 0.3) is 82.8 Å². The molecule has 0 saturated carbocycles. The fourth-order valence-electron chi connectivity index (χ4n) is 8.97. The smallest absolute Gasteiger partial charge is 0.0625 e. The second-order valence-corrected chi connectivity index (χ2v) is 15.3. The highest BCUT2D eigenvalue weighted by molar-refractivity contribution is 6.24. The van der Waals surface area contributed by atoms with E-state index in [-0.39, 0.29) is 0 Å². The van der Waals surface area contributed by atoms with Gasteiger partial charge in [0.15, 0.2) is 0 Å². The van der Waals surface area contributed by atoms with E-state index in [2.05, 4.69) is 252 Å². The summed E-state index contributed by atoms with van der Waals surface area (Å²) in [5, 5.41) is 4.86. The zero-order chi connectivity index (χ0) is 39.8. The van der Waals surface area contributed by atoms with Gasteiger partial charge < -0.3 is 9.47 Å². The summed E-state index contributed by atoms with van der Waals surface area (Å²) in [6, 6.07) is 87.9. The molecular weight excluding hydrogens is 725 g/mol. The largest absolute Gasteiger partial charge is 0.310 e. The lowest BCUT2D eigenvalue weighted by Crippen LogP contribution is -2.11. The lowest BCUT2D eigenvalue weighted by atomic mass is 9.93. The molecule has 0 aliphatic rings. The Morgan fingerprint density at radius 2 is 0.867 bits per heavy atom. The number of rotatable bonds is 8. The van der Waals surface area contributed by atoms with Crippen LogP contribution < -0.4 is 4.90 Å². The zero-order valence-corrected chi connectivity index (χ0v) is 33.0. The minimum absolute atomic E-state index is 1.09. The van der Waals surface area contributed by atoms with Crippen molar-refractivity contribution in [3.05, 3.63) is 243 Å². The normalized spacial score (nSPS) is 11.3. The van der Waals surface area contributed by atoms with E-state index in [0.717, 1.165) is 28.3 Å². The van der Waals surface area contributed by atoms with Crippen molar-refractivity contribution < 1.29 is 0 Å². The second kappa shape index (κ2) is 15.1. The second-order valence-electron chi connectivity index (χ2n) is 15.3. The maximum atomic E-state index is 2.47. The Bertz CT molecular complexity index is 3280. The van der Waals surface area contributed by atoms with E-state index in [1.54, 1.807) is 0 Å². The molecule has 0 spiro atoms. The van der Waals surface area contributed by atoms with Crippen molar-refractivity contribution in [3.63, 3.8) is 0 Å². The molecule has 10 aromatic carbocycles. The molecule has 282 valence electrons. The van der Waals surface area contributed by atoms with Crippen LogP contribution in [-0.2, 0) is 0 Å². The van der Waals surface area contributed by atoms with Gasteiger partial charge in [0.05, 0.1) is 16.7 Å². The Morgan fingerprint density at radius 3 is 1.60 bits per heavy atom. The van der Waals surface area contributed by atoms with Gasteiger partial charge in [0.2, 0.25) is 0 Å². The summed E-state index contributed by atoms with van der Waals surface area (Å²) < 4.78 is 2.47. The van der Waals surface area contributed by atoms with Crippen LogP contribution >= 0.6 is 0 Å². The first-order valence-corrected chi connectivity index (χ1v) is 20.6. The van der Waals surface area contributed by atoms with E-state index in [1.807, 2.05) is 0 Å². The minimum Gasteiger partial charge on any atom is -0.310 e. The Balaban J connectivity index is 1.21. The zero-order valence-electron chi connectivity index (χ0n) is 33.0. The molecule has 0 fully saturated rings. The van der Waals surface area contributed by atoms with Crippen molar-refractivity contribution in [2.45, 2.75) is 0 Å². The summed E-state index contributed by atoms with van der Waals surface area (Å²) in [7, 11) is 0. The third-order valence-electron chi connectivity index (χ3n) is 11.8. The Kier molecular flexibility index (Phi) is 8.87. The Hall–Kier alpha value is -7.94. The van der Waals surface area contributed by atoms with Gasteiger partial charge in [-0.15, -0.1) is 0 Å². The molecule has 60 heavy (non-hydrogen) atoms. The Morgan fingerprint density at radius 1 is 0.317 bits per heavy atom. The van der Waals surface area contributed by atoms with Gasteiger partial charge in [0, 0.05) is 38.8 Å². The van der Waals surface area contributed by atoms with E-state index in [9.17, 15) is 0 Å². The number of anilines is 3.